The third kappa shape index (κ3) is 1.60. The fourth-order valence-corrected chi connectivity index (χ4v) is 1.39. The van der Waals surface area contributed by atoms with Crippen LogP contribution in [0.4, 0.5) is 8.78 Å². The van der Waals surface area contributed by atoms with Crippen molar-refractivity contribution in [2.45, 2.75) is 26.7 Å². The second-order valence-corrected chi connectivity index (χ2v) is 3.36. The number of nitrogens with zero attached hydrogens (tertiary/aromatic N) is 1. The maximum absolute atomic E-state index is 13.4. The minimum Gasteiger partial charge on any atom is -0.207 e. The summed E-state index contributed by atoms with van der Waals surface area (Å²) in [4.78, 5) is 0. The molecule has 0 amide bonds. The molecule has 0 spiro atoms. The Morgan fingerprint density at radius 2 is 1.86 bits per heavy atom. The number of halogens is 2. The van der Waals surface area contributed by atoms with Crippen molar-refractivity contribution in [3.05, 3.63) is 34.4 Å². The summed E-state index contributed by atoms with van der Waals surface area (Å²) >= 11 is 0. The van der Waals surface area contributed by atoms with Crippen LogP contribution in [0.1, 0.15) is 29.5 Å². The third-order valence-electron chi connectivity index (χ3n) is 2.39. The monoisotopic (exact) mass is 195 g/mol. The van der Waals surface area contributed by atoms with E-state index >= 15 is 0 Å². The molecule has 1 aromatic carbocycles. The van der Waals surface area contributed by atoms with E-state index in [0.717, 1.165) is 0 Å². The van der Waals surface area contributed by atoms with Gasteiger partial charge in [-0.2, -0.15) is 5.26 Å². The van der Waals surface area contributed by atoms with Gasteiger partial charge in [0.05, 0.1) is 12.0 Å². The topological polar surface area (TPSA) is 23.8 Å². The standard InChI is InChI=1S/C11H11F2N/c1-6(5-14)9-4-10(12)8(3)11(13)7(9)2/h4,6H,1-3H3. The SMILES string of the molecule is Cc1c(F)cc(C(C)C#N)c(C)c1F. The first kappa shape index (κ1) is 10.6. The van der Waals surface area contributed by atoms with Gasteiger partial charge in [-0.25, -0.2) is 8.78 Å². The van der Waals surface area contributed by atoms with Gasteiger partial charge in [0.15, 0.2) is 0 Å². The second-order valence-electron chi connectivity index (χ2n) is 3.36. The normalized spacial score (nSPS) is 12.3. The van der Waals surface area contributed by atoms with Gasteiger partial charge in [0.2, 0.25) is 0 Å². The molecule has 1 atom stereocenters. The zero-order valence-electron chi connectivity index (χ0n) is 8.36. The highest BCUT2D eigenvalue weighted by Gasteiger charge is 2.16. The number of benzene rings is 1. The van der Waals surface area contributed by atoms with Gasteiger partial charge in [-0.05, 0) is 38.0 Å². The molecule has 14 heavy (non-hydrogen) atoms. The zero-order chi connectivity index (χ0) is 10.9. The summed E-state index contributed by atoms with van der Waals surface area (Å²) in [5.74, 6) is -1.63. The third-order valence-corrected chi connectivity index (χ3v) is 2.39. The quantitative estimate of drug-likeness (QED) is 0.675. The van der Waals surface area contributed by atoms with Crippen LogP contribution in [0.3, 0.4) is 0 Å². The molecule has 3 heteroatoms. The van der Waals surface area contributed by atoms with Crippen LogP contribution in [0.5, 0.6) is 0 Å². The zero-order valence-corrected chi connectivity index (χ0v) is 8.36. The van der Waals surface area contributed by atoms with Crippen LogP contribution in [0.25, 0.3) is 0 Å². The maximum Gasteiger partial charge on any atom is 0.132 e. The van der Waals surface area contributed by atoms with Crippen LogP contribution in [-0.4, -0.2) is 0 Å². The summed E-state index contributed by atoms with van der Waals surface area (Å²) < 4.78 is 26.6. The van der Waals surface area contributed by atoms with Gasteiger partial charge < -0.3 is 0 Å². The Bertz CT molecular complexity index is 405. The maximum atomic E-state index is 13.4. The molecule has 1 rings (SSSR count). The average Bonchev–Trinajstić information content (AvgIpc) is 2.19. The molecular formula is C11H11F2N. The lowest BCUT2D eigenvalue weighted by Crippen LogP contribution is -2.01. The van der Waals surface area contributed by atoms with E-state index in [4.69, 9.17) is 5.26 Å². The van der Waals surface area contributed by atoms with E-state index in [0.29, 0.717) is 11.1 Å². The largest absolute Gasteiger partial charge is 0.207 e. The smallest absolute Gasteiger partial charge is 0.132 e. The molecule has 74 valence electrons. The molecular weight excluding hydrogens is 184 g/mol. The Balaban J connectivity index is 3.42. The molecule has 1 nitrogen and oxygen atoms in total. The van der Waals surface area contributed by atoms with Crippen molar-refractivity contribution >= 4 is 0 Å². The summed E-state index contributed by atoms with van der Waals surface area (Å²) in [6.45, 7) is 4.57. The van der Waals surface area contributed by atoms with Crippen molar-refractivity contribution in [3.8, 4) is 6.07 Å². The Kier molecular flexibility index (Phi) is 2.85. The minimum absolute atomic E-state index is 0.0105. The second kappa shape index (κ2) is 3.75. The van der Waals surface area contributed by atoms with E-state index in [9.17, 15) is 8.78 Å². The van der Waals surface area contributed by atoms with Gasteiger partial charge in [-0.15, -0.1) is 0 Å². The lowest BCUT2D eigenvalue weighted by atomic mass is 9.95. The van der Waals surface area contributed by atoms with Gasteiger partial charge >= 0.3 is 0 Å². The molecule has 0 saturated heterocycles. The molecule has 0 bridgehead atoms. The number of nitriles is 1. The summed E-state index contributed by atoms with van der Waals surface area (Å²) in [6.07, 6.45) is 0. The molecule has 0 aromatic heterocycles. The van der Waals surface area contributed by atoms with E-state index in [1.54, 1.807) is 13.8 Å². The van der Waals surface area contributed by atoms with Crippen LogP contribution in [-0.2, 0) is 0 Å². The van der Waals surface area contributed by atoms with E-state index in [2.05, 4.69) is 0 Å². The van der Waals surface area contributed by atoms with Crippen LogP contribution in [0.15, 0.2) is 6.07 Å². The molecule has 0 saturated carbocycles. The Morgan fingerprint density at radius 3 is 2.36 bits per heavy atom. The molecule has 0 aliphatic heterocycles. The summed E-state index contributed by atoms with van der Waals surface area (Å²) in [7, 11) is 0. The van der Waals surface area contributed by atoms with Crippen molar-refractivity contribution in [2.75, 3.05) is 0 Å². The first-order valence-corrected chi connectivity index (χ1v) is 4.33. The number of hydrogen-bond acceptors (Lipinski definition) is 1. The Labute approximate surface area is 82.0 Å². The van der Waals surface area contributed by atoms with E-state index in [1.165, 1.54) is 13.0 Å². The predicted molar refractivity (Wildman–Crippen MR) is 49.9 cm³/mol. The van der Waals surface area contributed by atoms with Crippen molar-refractivity contribution < 1.29 is 8.78 Å². The minimum atomic E-state index is -0.592. The molecule has 0 heterocycles. The molecule has 1 aromatic rings. The highest BCUT2D eigenvalue weighted by atomic mass is 19.1. The van der Waals surface area contributed by atoms with Crippen LogP contribution in [0, 0.1) is 36.8 Å². The highest BCUT2D eigenvalue weighted by molar-refractivity contribution is 5.37. The fourth-order valence-electron chi connectivity index (χ4n) is 1.39. The van der Waals surface area contributed by atoms with Crippen molar-refractivity contribution in [2.24, 2.45) is 0 Å². The van der Waals surface area contributed by atoms with Gasteiger partial charge in [-0.3, -0.25) is 0 Å². The van der Waals surface area contributed by atoms with Crippen molar-refractivity contribution in [3.63, 3.8) is 0 Å². The molecule has 0 N–H and O–H groups in total. The predicted octanol–water partition coefficient (Wildman–Crippen LogP) is 3.21. The summed E-state index contributed by atoms with van der Waals surface area (Å²) in [5, 5.41) is 8.67. The van der Waals surface area contributed by atoms with Crippen molar-refractivity contribution in [1.29, 1.82) is 5.26 Å². The molecule has 0 fully saturated rings. The van der Waals surface area contributed by atoms with Gasteiger partial charge in [-0.1, -0.05) is 0 Å². The summed E-state index contributed by atoms with van der Waals surface area (Å²) in [5.41, 5.74) is 0.794. The summed E-state index contributed by atoms with van der Waals surface area (Å²) in [6, 6.07) is 3.20. The molecule has 0 aliphatic carbocycles. The number of hydrogen-bond donors (Lipinski definition) is 0. The average molecular weight is 195 g/mol. The molecule has 0 aliphatic rings. The van der Waals surface area contributed by atoms with E-state index in [-0.39, 0.29) is 5.56 Å². The van der Waals surface area contributed by atoms with E-state index < -0.39 is 17.6 Å². The van der Waals surface area contributed by atoms with Gasteiger partial charge in [0.1, 0.15) is 11.6 Å². The Hall–Kier alpha value is -1.43. The number of rotatable bonds is 1. The van der Waals surface area contributed by atoms with Crippen LogP contribution in [0.2, 0.25) is 0 Å². The van der Waals surface area contributed by atoms with Gasteiger partial charge in [0.25, 0.3) is 0 Å². The van der Waals surface area contributed by atoms with E-state index in [1.807, 2.05) is 6.07 Å². The lowest BCUT2D eigenvalue weighted by Gasteiger charge is -2.11. The van der Waals surface area contributed by atoms with Crippen LogP contribution < -0.4 is 0 Å². The Morgan fingerprint density at radius 1 is 1.29 bits per heavy atom. The first-order valence-electron chi connectivity index (χ1n) is 4.33. The fraction of sp³-hybridized carbons (Fsp3) is 0.364. The molecule has 1 unspecified atom stereocenters. The van der Waals surface area contributed by atoms with Gasteiger partial charge in [0, 0.05) is 5.56 Å². The van der Waals surface area contributed by atoms with Crippen molar-refractivity contribution in [1.82, 2.24) is 0 Å². The molecule has 0 radical (unpaired) electrons. The highest BCUT2D eigenvalue weighted by Crippen LogP contribution is 2.25. The lowest BCUT2D eigenvalue weighted by molar-refractivity contribution is 0.557. The first-order chi connectivity index (χ1) is 6.49. The van der Waals surface area contributed by atoms with Crippen LogP contribution >= 0.6 is 0 Å².